The van der Waals surface area contributed by atoms with Crippen LogP contribution in [-0.2, 0) is 0 Å². The molecule has 0 bridgehead atoms. The van der Waals surface area contributed by atoms with Crippen LogP contribution >= 0.6 is 28.1 Å². The molecule has 0 saturated carbocycles. The molecule has 0 radical (unpaired) electrons. The fourth-order valence-electron chi connectivity index (χ4n) is 2.07. The van der Waals surface area contributed by atoms with E-state index in [9.17, 15) is 14.0 Å². The lowest BCUT2D eigenvalue weighted by atomic mass is 10.3. The quantitative estimate of drug-likeness (QED) is 0.276. The van der Waals surface area contributed by atoms with Gasteiger partial charge in [-0.15, -0.1) is 0 Å². The Morgan fingerprint density at radius 2 is 2.14 bits per heavy atom. The fourth-order valence-corrected chi connectivity index (χ4v) is 2.80. The zero-order valence-corrected chi connectivity index (χ0v) is 16.1. The number of anilines is 1. The summed E-state index contributed by atoms with van der Waals surface area (Å²) in [7, 11) is 0. The molecule has 148 valence electrons. The van der Waals surface area contributed by atoms with Gasteiger partial charge in [0.1, 0.15) is 5.82 Å². The molecule has 0 unspecified atom stereocenters. The predicted octanol–water partition coefficient (Wildman–Crippen LogP) is 1.61. The lowest BCUT2D eigenvalue weighted by Crippen LogP contribution is -2.23. The van der Waals surface area contributed by atoms with Crippen molar-refractivity contribution in [3.05, 3.63) is 39.0 Å². The number of nitrogens with one attached hydrogen (secondary N) is 3. The lowest BCUT2D eigenvalue weighted by molar-refractivity contribution is 0.202. The average Bonchev–Trinajstić information content (AvgIpc) is 3.26. The third-order valence-electron chi connectivity index (χ3n) is 3.20. The van der Waals surface area contributed by atoms with E-state index in [2.05, 4.69) is 46.2 Å². The molecule has 2 heterocycles. The number of nitrogens with zero attached hydrogens (tertiary/aromatic N) is 4. The molecule has 3 rings (SSSR count). The first-order valence-corrected chi connectivity index (χ1v) is 9.07. The van der Waals surface area contributed by atoms with E-state index in [1.807, 2.05) is 0 Å². The Hall–Kier alpha value is -2.91. The second kappa shape index (κ2) is 8.85. The molecule has 3 aromatic rings. The molecule has 15 heteroatoms. The van der Waals surface area contributed by atoms with Gasteiger partial charge in [-0.1, -0.05) is 5.16 Å². The number of rotatable bonds is 8. The number of carboxylic acid groups (broad SMARTS) is 1. The van der Waals surface area contributed by atoms with Crippen LogP contribution in [0.2, 0.25) is 0 Å². The van der Waals surface area contributed by atoms with Crippen LogP contribution in [0.1, 0.15) is 0 Å². The van der Waals surface area contributed by atoms with E-state index in [1.54, 1.807) is 0 Å². The second-order valence-electron chi connectivity index (χ2n) is 5.00. The molecule has 1 aromatic carbocycles. The third-order valence-corrected chi connectivity index (χ3v) is 4.43. The summed E-state index contributed by atoms with van der Waals surface area (Å²) in [5.41, 5.74) is 0.392. The van der Waals surface area contributed by atoms with Crippen molar-refractivity contribution in [3.8, 4) is 17.2 Å². The van der Waals surface area contributed by atoms with E-state index in [4.69, 9.17) is 14.3 Å². The molecule has 28 heavy (non-hydrogen) atoms. The maximum Gasteiger partial charge on any atom is 0.446 e. The molecule has 0 atom stereocenters. The molecule has 1 amide bonds. The van der Waals surface area contributed by atoms with E-state index in [0.29, 0.717) is 18.8 Å². The average molecular weight is 476 g/mol. The maximum absolute atomic E-state index is 13.5. The highest BCUT2D eigenvalue weighted by atomic mass is 79.9. The van der Waals surface area contributed by atoms with Gasteiger partial charge in [-0.3, -0.25) is 9.25 Å². The van der Waals surface area contributed by atoms with Crippen LogP contribution in [-0.4, -0.2) is 44.3 Å². The molecule has 2 aromatic heterocycles. The van der Waals surface area contributed by atoms with Crippen LogP contribution in [0.4, 0.5) is 15.0 Å². The molecule has 0 aliphatic rings. The van der Waals surface area contributed by atoms with Gasteiger partial charge in [0.05, 0.1) is 10.2 Å². The van der Waals surface area contributed by atoms with Crippen molar-refractivity contribution in [2.75, 3.05) is 18.4 Å². The van der Waals surface area contributed by atoms with Crippen molar-refractivity contribution in [2.24, 2.45) is 0 Å². The largest absolute Gasteiger partial charge is 0.464 e. The van der Waals surface area contributed by atoms with Gasteiger partial charge in [0, 0.05) is 25.2 Å². The Morgan fingerprint density at radius 3 is 2.89 bits per heavy atom. The van der Waals surface area contributed by atoms with Crippen LogP contribution in [0.15, 0.2) is 36.6 Å². The van der Waals surface area contributed by atoms with Gasteiger partial charge in [0.25, 0.3) is 0 Å². The smallest absolute Gasteiger partial charge is 0.446 e. The summed E-state index contributed by atoms with van der Waals surface area (Å²) in [6.07, 6.45) is -1.18. The van der Waals surface area contributed by atoms with Gasteiger partial charge < -0.3 is 10.4 Å². The van der Waals surface area contributed by atoms with E-state index in [-0.39, 0.29) is 21.8 Å². The molecule has 0 spiro atoms. The van der Waals surface area contributed by atoms with Gasteiger partial charge in [0.2, 0.25) is 11.6 Å². The summed E-state index contributed by atoms with van der Waals surface area (Å²) in [6, 6.07) is 3.94. The molecular formula is C13H11BrFN7O5S. The maximum atomic E-state index is 13.5. The van der Waals surface area contributed by atoms with Gasteiger partial charge in [-0.2, -0.15) is 0 Å². The minimum Gasteiger partial charge on any atom is -0.464 e. The standard InChI is InChI=1S/C13H11BrFN7O5S/c14-7-5-6(1-2-8(7)15)22-11(20-26-13(22)25)9-10(19-27-18-9)16-3-4-17-28-21-12(23)24/h1-2,5,17,21H,3-4H2,(H,16,19)(H,23,24). The summed E-state index contributed by atoms with van der Waals surface area (Å²) in [4.78, 5) is 22.4. The minimum absolute atomic E-state index is 0.00198. The second-order valence-corrected chi connectivity index (χ2v) is 6.55. The van der Waals surface area contributed by atoms with Crippen LogP contribution in [0, 0.1) is 5.82 Å². The monoisotopic (exact) mass is 475 g/mol. The van der Waals surface area contributed by atoms with E-state index in [1.165, 1.54) is 18.2 Å². The Morgan fingerprint density at radius 1 is 1.32 bits per heavy atom. The number of halogens is 2. The molecule has 0 aliphatic heterocycles. The number of benzene rings is 1. The van der Waals surface area contributed by atoms with E-state index < -0.39 is 17.7 Å². The third kappa shape index (κ3) is 4.49. The molecular weight excluding hydrogens is 465 g/mol. The number of hydrogen-bond donors (Lipinski definition) is 4. The van der Waals surface area contributed by atoms with Crippen molar-refractivity contribution >= 4 is 40.0 Å². The molecule has 0 saturated heterocycles. The van der Waals surface area contributed by atoms with E-state index >= 15 is 0 Å². The van der Waals surface area contributed by atoms with Gasteiger partial charge in [-0.25, -0.2) is 27.9 Å². The van der Waals surface area contributed by atoms with Crippen molar-refractivity contribution in [1.29, 1.82) is 0 Å². The first kappa shape index (κ1) is 19.8. The summed E-state index contributed by atoms with van der Waals surface area (Å²) in [5.74, 6) is -1.12. The summed E-state index contributed by atoms with van der Waals surface area (Å²) in [5, 5.41) is 22.5. The van der Waals surface area contributed by atoms with Gasteiger partial charge in [-0.05, 0) is 44.4 Å². The number of aromatic nitrogens is 4. The van der Waals surface area contributed by atoms with Gasteiger partial charge >= 0.3 is 11.8 Å². The Labute approximate surface area is 167 Å². The molecule has 0 aliphatic carbocycles. The Bertz CT molecular complexity index is 1040. The van der Waals surface area contributed by atoms with Crippen LogP contribution < -0.4 is 20.5 Å². The van der Waals surface area contributed by atoms with Crippen molar-refractivity contribution in [2.45, 2.75) is 0 Å². The zero-order chi connectivity index (χ0) is 20.1. The summed E-state index contributed by atoms with van der Waals surface area (Å²) < 4.78 is 29.0. The fraction of sp³-hybridized carbons (Fsp3) is 0.154. The number of hydrogen-bond acceptors (Lipinski definition) is 10. The van der Waals surface area contributed by atoms with Crippen molar-refractivity contribution in [3.63, 3.8) is 0 Å². The van der Waals surface area contributed by atoms with Crippen LogP contribution in [0.3, 0.4) is 0 Å². The molecule has 4 N–H and O–H groups in total. The highest BCUT2D eigenvalue weighted by Gasteiger charge is 2.23. The first-order valence-electron chi connectivity index (χ1n) is 7.46. The number of carbonyl (C=O) groups is 1. The Balaban J connectivity index is 1.77. The molecule has 0 fully saturated rings. The SMILES string of the molecule is O=C(O)NSNCCNc1nonc1-c1noc(=O)n1-c1ccc(F)c(Br)c1. The van der Waals surface area contributed by atoms with E-state index in [0.717, 1.165) is 16.7 Å². The minimum atomic E-state index is -1.18. The highest BCUT2D eigenvalue weighted by Crippen LogP contribution is 2.25. The molecule has 12 nitrogen and oxygen atoms in total. The highest BCUT2D eigenvalue weighted by molar-refractivity contribution is 9.10. The van der Waals surface area contributed by atoms with Gasteiger partial charge in [0.15, 0.2) is 5.69 Å². The zero-order valence-electron chi connectivity index (χ0n) is 13.7. The first-order chi connectivity index (χ1) is 13.5. The summed E-state index contributed by atoms with van der Waals surface area (Å²) in [6.45, 7) is 0.674. The topological polar surface area (TPSA) is 160 Å². The van der Waals surface area contributed by atoms with Crippen LogP contribution in [0.5, 0.6) is 0 Å². The number of amides is 1. The van der Waals surface area contributed by atoms with Crippen LogP contribution in [0.25, 0.3) is 17.2 Å². The Kier molecular flexibility index (Phi) is 6.27. The normalized spacial score (nSPS) is 10.8. The predicted molar refractivity (Wildman–Crippen MR) is 98.3 cm³/mol. The lowest BCUT2D eigenvalue weighted by Gasteiger charge is -2.06. The summed E-state index contributed by atoms with van der Waals surface area (Å²) >= 11 is 3.85. The van der Waals surface area contributed by atoms with Crippen molar-refractivity contribution < 1.29 is 23.4 Å². The van der Waals surface area contributed by atoms with Crippen molar-refractivity contribution in [1.82, 2.24) is 29.5 Å².